The molecule has 0 atom stereocenters. The molecule has 0 aromatic carbocycles. The number of imidazole rings is 1. The zero-order valence-electron chi connectivity index (χ0n) is 8.95. The molecular formula is C10H18N4. The Morgan fingerprint density at radius 2 is 2.14 bits per heavy atom. The molecule has 0 amide bonds. The smallest absolute Gasteiger partial charge is 0.205 e. The maximum absolute atomic E-state index is 4.61. The van der Waals surface area contributed by atoms with Gasteiger partial charge in [-0.05, 0) is 6.42 Å². The van der Waals surface area contributed by atoms with Crippen LogP contribution in [-0.2, 0) is 13.5 Å². The first-order valence-electron chi connectivity index (χ1n) is 5.29. The van der Waals surface area contributed by atoms with Gasteiger partial charge in [0, 0.05) is 39.4 Å². The molecule has 2 heterocycles. The first-order chi connectivity index (χ1) is 6.81. The Balaban J connectivity index is 2.17. The van der Waals surface area contributed by atoms with Crippen LogP contribution in [0.2, 0.25) is 0 Å². The van der Waals surface area contributed by atoms with Crippen LogP contribution >= 0.6 is 0 Å². The van der Waals surface area contributed by atoms with E-state index in [-0.39, 0.29) is 0 Å². The van der Waals surface area contributed by atoms with Crippen molar-refractivity contribution < 1.29 is 0 Å². The molecule has 0 bridgehead atoms. The summed E-state index contributed by atoms with van der Waals surface area (Å²) in [6, 6.07) is 0. The van der Waals surface area contributed by atoms with Crippen LogP contribution in [0.25, 0.3) is 0 Å². The average molecular weight is 194 g/mol. The summed E-state index contributed by atoms with van der Waals surface area (Å²) in [5.74, 6) is 1.11. The highest BCUT2D eigenvalue weighted by molar-refractivity contribution is 5.34. The Hall–Kier alpha value is -1.03. The fourth-order valence-corrected chi connectivity index (χ4v) is 1.85. The second-order valence-electron chi connectivity index (χ2n) is 3.73. The normalized spacial score (nSPS) is 17.4. The van der Waals surface area contributed by atoms with Crippen molar-refractivity contribution in [2.75, 3.05) is 31.1 Å². The van der Waals surface area contributed by atoms with Crippen LogP contribution in [-0.4, -0.2) is 35.7 Å². The van der Waals surface area contributed by atoms with Gasteiger partial charge in [0.2, 0.25) is 5.95 Å². The lowest BCUT2D eigenvalue weighted by molar-refractivity contribution is 0.573. The van der Waals surface area contributed by atoms with Crippen molar-refractivity contribution in [2.24, 2.45) is 7.05 Å². The highest BCUT2D eigenvalue weighted by Gasteiger charge is 2.15. The topological polar surface area (TPSA) is 33.1 Å². The predicted molar refractivity (Wildman–Crippen MR) is 57.7 cm³/mol. The number of hydrogen-bond acceptors (Lipinski definition) is 3. The average Bonchev–Trinajstić information content (AvgIpc) is 2.61. The van der Waals surface area contributed by atoms with Crippen LogP contribution in [0.1, 0.15) is 12.6 Å². The fourth-order valence-electron chi connectivity index (χ4n) is 1.85. The maximum atomic E-state index is 4.61. The Morgan fingerprint density at radius 3 is 2.71 bits per heavy atom. The van der Waals surface area contributed by atoms with Crippen LogP contribution in [0.4, 0.5) is 5.95 Å². The van der Waals surface area contributed by atoms with E-state index in [4.69, 9.17) is 0 Å². The standard InChI is InChI=1S/C10H18N4/c1-3-9-8-13(2)10(12-9)14-6-4-11-5-7-14/h8,11H,3-7H2,1-2H3. The van der Waals surface area contributed by atoms with Crippen molar-refractivity contribution in [2.45, 2.75) is 13.3 Å². The minimum absolute atomic E-state index is 1.01. The third kappa shape index (κ3) is 1.75. The Labute approximate surface area is 84.9 Å². The Kier molecular flexibility index (Phi) is 2.72. The van der Waals surface area contributed by atoms with Gasteiger partial charge >= 0.3 is 0 Å². The molecule has 0 aliphatic carbocycles. The van der Waals surface area contributed by atoms with Crippen molar-refractivity contribution in [3.8, 4) is 0 Å². The van der Waals surface area contributed by atoms with Gasteiger partial charge < -0.3 is 14.8 Å². The maximum Gasteiger partial charge on any atom is 0.205 e. The van der Waals surface area contributed by atoms with E-state index in [2.05, 4.69) is 39.9 Å². The molecule has 1 aromatic heterocycles. The number of aromatic nitrogens is 2. The van der Waals surface area contributed by atoms with Gasteiger partial charge in [-0.3, -0.25) is 0 Å². The number of aryl methyl sites for hydroxylation is 2. The lowest BCUT2D eigenvalue weighted by atomic mass is 10.4. The van der Waals surface area contributed by atoms with E-state index in [9.17, 15) is 0 Å². The Bertz CT molecular complexity index is 299. The van der Waals surface area contributed by atoms with Crippen molar-refractivity contribution >= 4 is 5.95 Å². The summed E-state index contributed by atoms with van der Waals surface area (Å²) in [5, 5.41) is 3.35. The molecule has 14 heavy (non-hydrogen) atoms. The molecule has 1 aromatic rings. The van der Waals surface area contributed by atoms with Gasteiger partial charge in [0.15, 0.2) is 0 Å². The molecule has 4 heteroatoms. The summed E-state index contributed by atoms with van der Waals surface area (Å²) in [6.07, 6.45) is 3.14. The SMILES string of the molecule is CCc1cn(C)c(N2CCNCC2)n1. The number of nitrogens with one attached hydrogen (secondary N) is 1. The number of anilines is 1. The summed E-state index contributed by atoms with van der Waals surface area (Å²) >= 11 is 0. The van der Waals surface area contributed by atoms with Crippen molar-refractivity contribution in [3.63, 3.8) is 0 Å². The van der Waals surface area contributed by atoms with Crippen molar-refractivity contribution in [1.29, 1.82) is 0 Å². The van der Waals surface area contributed by atoms with E-state index >= 15 is 0 Å². The van der Waals surface area contributed by atoms with Crippen molar-refractivity contribution in [3.05, 3.63) is 11.9 Å². The van der Waals surface area contributed by atoms with E-state index in [1.807, 2.05) is 0 Å². The lowest BCUT2D eigenvalue weighted by Gasteiger charge is -2.28. The summed E-state index contributed by atoms with van der Waals surface area (Å²) in [6.45, 7) is 6.40. The van der Waals surface area contributed by atoms with E-state index in [1.54, 1.807) is 0 Å². The molecule has 0 radical (unpaired) electrons. The highest BCUT2D eigenvalue weighted by Crippen LogP contribution is 2.13. The van der Waals surface area contributed by atoms with E-state index < -0.39 is 0 Å². The van der Waals surface area contributed by atoms with Gasteiger partial charge in [0.1, 0.15) is 0 Å². The molecule has 4 nitrogen and oxygen atoms in total. The molecule has 0 saturated carbocycles. The second kappa shape index (κ2) is 4.00. The highest BCUT2D eigenvalue weighted by atomic mass is 15.3. The van der Waals surface area contributed by atoms with Crippen LogP contribution < -0.4 is 10.2 Å². The van der Waals surface area contributed by atoms with E-state index in [1.165, 1.54) is 5.69 Å². The van der Waals surface area contributed by atoms with Crippen LogP contribution in [0, 0.1) is 0 Å². The van der Waals surface area contributed by atoms with Crippen molar-refractivity contribution in [1.82, 2.24) is 14.9 Å². The largest absolute Gasteiger partial charge is 0.340 e. The fraction of sp³-hybridized carbons (Fsp3) is 0.700. The summed E-state index contributed by atoms with van der Waals surface area (Å²) < 4.78 is 2.13. The molecular weight excluding hydrogens is 176 g/mol. The number of piperazine rings is 1. The van der Waals surface area contributed by atoms with E-state index in [0.717, 1.165) is 38.5 Å². The lowest BCUT2D eigenvalue weighted by Crippen LogP contribution is -2.44. The van der Waals surface area contributed by atoms with Crippen LogP contribution in [0.3, 0.4) is 0 Å². The molecule has 1 N–H and O–H groups in total. The van der Waals surface area contributed by atoms with Gasteiger partial charge in [-0.1, -0.05) is 6.92 Å². The monoisotopic (exact) mass is 194 g/mol. The zero-order valence-corrected chi connectivity index (χ0v) is 8.95. The van der Waals surface area contributed by atoms with Gasteiger partial charge in [-0.2, -0.15) is 0 Å². The molecule has 1 fully saturated rings. The van der Waals surface area contributed by atoms with Crippen LogP contribution in [0.15, 0.2) is 6.20 Å². The number of nitrogens with zero attached hydrogens (tertiary/aromatic N) is 3. The third-order valence-electron chi connectivity index (χ3n) is 2.66. The van der Waals surface area contributed by atoms with Gasteiger partial charge in [0.25, 0.3) is 0 Å². The second-order valence-corrected chi connectivity index (χ2v) is 3.73. The number of hydrogen-bond donors (Lipinski definition) is 1. The molecule has 1 aliphatic heterocycles. The molecule has 1 saturated heterocycles. The van der Waals surface area contributed by atoms with Gasteiger partial charge in [-0.25, -0.2) is 4.98 Å². The minimum atomic E-state index is 1.01. The van der Waals surface area contributed by atoms with Gasteiger partial charge in [-0.15, -0.1) is 0 Å². The Morgan fingerprint density at radius 1 is 1.43 bits per heavy atom. The van der Waals surface area contributed by atoms with Gasteiger partial charge in [0.05, 0.1) is 5.69 Å². The molecule has 0 spiro atoms. The number of rotatable bonds is 2. The zero-order chi connectivity index (χ0) is 9.97. The summed E-state index contributed by atoms with van der Waals surface area (Å²) in [7, 11) is 2.07. The molecule has 78 valence electrons. The summed E-state index contributed by atoms with van der Waals surface area (Å²) in [4.78, 5) is 6.96. The first kappa shape index (κ1) is 9.52. The molecule has 1 aliphatic rings. The molecule has 2 rings (SSSR count). The predicted octanol–water partition coefficient (Wildman–Crippen LogP) is 0.392. The van der Waals surface area contributed by atoms with E-state index in [0.29, 0.717) is 0 Å². The summed E-state index contributed by atoms with van der Waals surface area (Å²) in [5.41, 5.74) is 1.18. The van der Waals surface area contributed by atoms with Crippen LogP contribution in [0.5, 0.6) is 0 Å². The molecule has 0 unspecified atom stereocenters. The third-order valence-corrected chi connectivity index (χ3v) is 2.66. The first-order valence-corrected chi connectivity index (χ1v) is 5.29. The minimum Gasteiger partial charge on any atom is -0.340 e. The quantitative estimate of drug-likeness (QED) is 0.739.